The summed E-state index contributed by atoms with van der Waals surface area (Å²) in [7, 11) is 0. The number of carbonyl (C=O) groups is 2. The fourth-order valence-corrected chi connectivity index (χ4v) is 0. The van der Waals surface area contributed by atoms with Crippen molar-refractivity contribution in [2.24, 2.45) is 5.92 Å². The van der Waals surface area contributed by atoms with Crippen molar-refractivity contribution in [1.29, 1.82) is 0 Å². The molecular formula is C13H24O6. The average Bonchev–Trinajstić information content (AvgIpc) is 2.17. The zero-order valence-corrected chi connectivity index (χ0v) is 12.1. The van der Waals surface area contributed by atoms with Gasteiger partial charge in [0.15, 0.2) is 5.79 Å². The van der Waals surface area contributed by atoms with Gasteiger partial charge in [0.2, 0.25) is 0 Å². The molecule has 0 aromatic carbocycles. The average molecular weight is 276 g/mol. The van der Waals surface area contributed by atoms with Crippen molar-refractivity contribution in [2.45, 2.75) is 40.4 Å². The first-order valence-corrected chi connectivity index (χ1v) is 5.45. The predicted molar refractivity (Wildman–Crippen MR) is 72.6 cm³/mol. The van der Waals surface area contributed by atoms with Crippen LogP contribution in [0, 0.1) is 5.92 Å². The number of hydrogen-bond donors (Lipinski definition) is 4. The van der Waals surface area contributed by atoms with Gasteiger partial charge in [0, 0.05) is 17.1 Å². The van der Waals surface area contributed by atoms with Gasteiger partial charge in [-0.1, -0.05) is 27.0 Å². The van der Waals surface area contributed by atoms with Crippen LogP contribution in [0.15, 0.2) is 24.3 Å². The third kappa shape index (κ3) is 22.1. The van der Waals surface area contributed by atoms with Gasteiger partial charge < -0.3 is 20.4 Å². The molecule has 0 spiro atoms. The van der Waals surface area contributed by atoms with Crippen LogP contribution in [-0.2, 0) is 9.59 Å². The topological polar surface area (TPSA) is 115 Å². The number of aliphatic carboxylic acids is 2. The SMILES string of the molecule is C=C(C)C(=O)O.C=C(C)C(=O)O.CC(C)C(C)(O)O. The van der Waals surface area contributed by atoms with E-state index in [2.05, 4.69) is 13.2 Å². The minimum Gasteiger partial charge on any atom is -0.478 e. The summed E-state index contributed by atoms with van der Waals surface area (Å²) in [5.74, 6) is -3.46. The maximum atomic E-state index is 9.60. The van der Waals surface area contributed by atoms with Crippen LogP contribution in [0.1, 0.15) is 34.6 Å². The lowest BCUT2D eigenvalue weighted by atomic mass is 10.1. The van der Waals surface area contributed by atoms with Gasteiger partial charge in [-0.3, -0.25) is 0 Å². The van der Waals surface area contributed by atoms with Crippen LogP contribution < -0.4 is 0 Å². The van der Waals surface area contributed by atoms with E-state index >= 15 is 0 Å². The second-order valence-electron chi connectivity index (χ2n) is 4.42. The van der Waals surface area contributed by atoms with Crippen molar-refractivity contribution in [3.63, 3.8) is 0 Å². The van der Waals surface area contributed by atoms with Gasteiger partial charge in [-0.2, -0.15) is 0 Å². The fraction of sp³-hybridized carbons (Fsp3) is 0.538. The first-order chi connectivity index (χ1) is 8.23. The number of carboxylic acids is 2. The Morgan fingerprint density at radius 1 is 0.947 bits per heavy atom. The molecule has 4 N–H and O–H groups in total. The fourth-order valence-electron chi connectivity index (χ4n) is 0. The maximum absolute atomic E-state index is 9.60. The van der Waals surface area contributed by atoms with Crippen LogP contribution >= 0.6 is 0 Å². The molecule has 0 aliphatic rings. The van der Waals surface area contributed by atoms with Crippen molar-refractivity contribution in [1.82, 2.24) is 0 Å². The van der Waals surface area contributed by atoms with E-state index in [-0.39, 0.29) is 17.1 Å². The summed E-state index contributed by atoms with van der Waals surface area (Å²) in [4.78, 5) is 19.2. The Morgan fingerprint density at radius 3 is 1.05 bits per heavy atom. The summed E-state index contributed by atoms with van der Waals surface area (Å²) in [6, 6.07) is 0. The smallest absolute Gasteiger partial charge is 0.330 e. The van der Waals surface area contributed by atoms with E-state index in [9.17, 15) is 9.59 Å². The number of aliphatic hydroxyl groups is 2. The van der Waals surface area contributed by atoms with Gasteiger partial charge in [0.05, 0.1) is 0 Å². The van der Waals surface area contributed by atoms with Crippen LogP contribution in [0.2, 0.25) is 0 Å². The molecule has 0 radical (unpaired) electrons. The Hall–Kier alpha value is -1.66. The molecule has 0 aromatic rings. The molecule has 0 unspecified atom stereocenters. The molecule has 0 saturated heterocycles. The highest BCUT2D eigenvalue weighted by Gasteiger charge is 2.19. The summed E-state index contributed by atoms with van der Waals surface area (Å²) in [5, 5.41) is 33.1. The van der Waals surface area contributed by atoms with Crippen LogP contribution in [0.25, 0.3) is 0 Å². The second-order valence-corrected chi connectivity index (χ2v) is 4.42. The molecule has 0 heterocycles. The molecule has 6 heteroatoms. The first kappa shape index (κ1) is 22.5. The largest absolute Gasteiger partial charge is 0.478 e. The molecule has 0 amide bonds. The van der Waals surface area contributed by atoms with Gasteiger partial charge in [-0.15, -0.1) is 0 Å². The standard InChI is InChI=1S/C5H12O2.2C4H6O2/c1-4(2)5(3,6)7;2*1-3(2)4(5)6/h4,6-7H,1-3H3;2*1H2,2H3,(H,5,6). The maximum Gasteiger partial charge on any atom is 0.330 e. The zero-order chi connectivity index (χ0) is 16.4. The number of carboxylic acid groups (broad SMARTS) is 2. The highest BCUT2D eigenvalue weighted by molar-refractivity contribution is 5.85. The van der Waals surface area contributed by atoms with Crippen molar-refractivity contribution in [3.8, 4) is 0 Å². The van der Waals surface area contributed by atoms with E-state index in [4.69, 9.17) is 20.4 Å². The molecule has 0 aliphatic carbocycles. The minimum atomic E-state index is -1.50. The number of rotatable bonds is 3. The molecule has 0 saturated carbocycles. The van der Waals surface area contributed by atoms with Crippen molar-refractivity contribution < 1.29 is 30.0 Å². The van der Waals surface area contributed by atoms with Gasteiger partial charge in [0.1, 0.15) is 0 Å². The Bertz CT molecular complexity index is 275. The highest BCUT2D eigenvalue weighted by Crippen LogP contribution is 2.09. The molecule has 0 aliphatic heterocycles. The predicted octanol–water partition coefficient (Wildman–Crippen LogP) is 1.64. The van der Waals surface area contributed by atoms with Crippen LogP contribution in [0.3, 0.4) is 0 Å². The molecule has 19 heavy (non-hydrogen) atoms. The van der Waals surface area contributed by atoms with Crippen molar-refractivity contribution in [3.05, 3.63) is 24.3 Å². The molecule has 6 nitrogen and oxygen atoms in total. The van der Waals surface area contributed by atoms with E-state index < -0.39 is 17.7 Å². The lowest BCUT2D eigenvalue weighted by Gasteiger charge is -2.19. The third-order valence-electron chi connectivity index (χ3n) is 1.82. The molecular weight excluding hydrogens is 252 g/mol. The quantitative estimate of drug-likeness (QED) is 0.460. The van der Waals surface area contributed by atoms with Gasteiger partial charge in [-0.05, 0) is 20.8 Å². The highest BCUT2D eigenvalue weighted by atomic mass is 16.5. The molecule has 0 bridgehead atoms. The first-order valence-electron chi connectivity index (χ1n) is 5.45. The summed E-state index contributed by atoms with van der Waals surface area (Å²) in [6.07, 6.45) is 0. The van der Waals surface area contributed by atoms with Crippen LogP contribution in [0.4, 0.5) is 0 Å². The van der Waals surface area contributed by atoms with E-state index in [1.54, 1.807) is 13.8 Å². The third-order valence-corrected chi connectivity index (χ3v) is 1.82. The number of hydrogen-bond acceptors (Lipinski definition) is 4. The molecule has 0 fully saturated rings. The Labute approximate surface area is 113 Å². The summed E-state index contributed by atoms with van der Waals surface area (Å²) in [5.41, 5.74) is 0.352. The summed E-state index contributed by atoms with van der Waals surface area (Å²) < 4.78 is 0. The van der Waals surface area contributed by atoms with E-state index in [0.717, 1.165) is 0 Å². The minimum absolute atomic E-state index is 0.0903. The monoisotopic (exact) mass is 276 g/mol. The molecule has 0 atom stereocenters. The van der Waals surface area contributed by atoms with Gasteiger partial charge in [-0.25, -0.2) is 9.59 Å². The van der Waals surface area contributed by atoms with Gasteiger partial charge in [0.25, 0.3) is 0 Å². The van der Waals surface area contributed by atoms with E-state index in [0.29, 0.717) is 0 Å². The lowest BCUT2D eigenvalue weighted by molar-refractivity contribution is -0.176. The molecule has 0 aromatic heterocycles. The second kappa shape index (κ2) is 10.3. The van der Waals surface area contributed by atoms with Crippen LogP contribution in [-0.4, -0.2) is 38.2 Å². The zero-order valence-electron chi connectivity index (χ0n) is 12.1. The summed E-state index contributed by atoms with van der Waals surface area (Å²) >= 11 is 0. The van der Waals surface area contributed by atoms with Crippen molar-refractivity contribution in [2.75, 3.05) is 0 Å². The normalized spacial score (nSPS) is 9.47. The van der Waals surface area contributed by atoms with Crippen molar-refractivity contribution >= 4 is 11.9 Å². The Morgan fingerprint density at radius 2 is 1.05 bits per heavy atom. The van der Waals surface area contributed by atoms with Gasteiger partial charge >= 0.3 is 11.9 Å². The van der Waals surface area contributed by atoms with E-state index in [1.807, 2.05) is 0 Å². The molecule has 112 valence electrons. The Balaban J connectivity index is -0.000000203. The molecule has 0 rings (SSSR count). The van der Waals surface area contributed by atoms with Crippen LogP contribution in [0.5, 0.6) is 0 Å². The lowest BCUT2D eigenvalue weighted by Crippen LogP contribution is -2.29. The Kier molecular flexibility index (Phi) is 12.2. The summed E-state index contributed by atoms with van der Waals surface area (Å²) in [6.45, 7) is 14.1. The van der Waals surface area contributed by atoms with E-state index in [1.165, 1.54) is 20.8 Å².